The first-order chi connectivity index (χ1) is 15.3. The van der Waals surface area contributed by atoms with Gasteiger partial charge < -0.3 is 19.1 Å². The van der Waals surface area contributed by atoms with Gasteiger partial charge in [-0.2, -0.15) is 4.98 Å². The van der Waals surface area contributed by atoms with Gasteiger partial charge in [0.05, 0.1) is 31.3 Å². The normalized spacial score (nSPS) is 16.4. The van der Waals surface area contributed by atoms with Gasteiger partial charge in [-0.15, -0.1) is 0 Å². The fraction of sp³-hybridized carbons (Fsp3) is 0.440. The topological polar surface area (TPSA) is 65.8 Å². The third-order valence-corrected chi connectivity index (χ3v) is 5.50. The number of para-hydroxylation sites is 2. The molecule has 7 heteroatoms. The molecule has 32 heavy (non-hydrogen) atoms. The smallest absolute Gasteiger partial charge is 0.410 e. The molecule has 1 fully saturated rings. The Hall–Kier alpha value is -3.22. The van der Waals surface area contributed by atoms with Crippen molar-refractivity contribution in [3.8, 4) is 11.8 Å². The SMILES string of the molecule is COc1ccc(Cn2c(OC[C@@H]3CCN(C(=O)OC(C)(C)C)C3)nc3ccccc32)cc1. The first-order valence-corrected chi connectivity index (χ1v) is 11.0. The van der Waals surface area contributed by atoms with Crippen molar-refractivity contribution in [3.63, 3.8) is 0 Å². The van der Waals surface area contributed by atoms with Gasteiger partial charge in [-0.25, -0.2) is 4.79 Å². The number of benzene rings is 2. The summed E-state index contributed by atoms with van der Waals surface area (Å²) in [6.07, 6.45) is 0.629. The third kappa shape index (κ3) is 5.15. The zero-order valence-electron chi connectivity index (χ0n) is 19.2. The molecule has 1 saturated heterocycles. The van der Waals surface area contributed by atoms with E-state index < -0.39 is 5.60 Å². The molecular weight excluding hydrogens is 406 g/mol. The molecule has 1 atom stereocenters. The predicted molar refractivity (Wildman–Crippen MR) is 123 cm³/mol. The average Bonchev–Trinajstić information content (AvgIpc) is 3.37. The van der Waals surface area contributed by atoms with Crippen molar-refractivity contribution in [1.82, 2.24) is 14.5 Å². The number of rotatable bonds is 6. The Morgan fingerprint density at radius 3 is 2.59 bits per heavy atom. The number of carbonyl (C=O) groups is 1. The molecule has 2 heterocycles. The zero-order chi connectivity index (χ0) is 22.7. The van der Waals surface area contributed by atoms with Crippen LogP contribution in [0, 0.1) is 5.92 Å². The highest BCUT2D eigenvalue weighted by Crippen LogP contribution is 2.26. The molecular formula is C25H31N3O4. The van der Waals surface area contributed by atoms with E-state index >= 15 is 0 Å². The number of fused-ring (bicyclic) bond motifs is 1. The van der Waals surface area contributed by atoms with Crippen LogP contribution in [-0.2, 0) is 11.3 Å². The minimum atomic E-state index is -0.488. The lowest BCUT2D eigenvalue weighted by molar-refractivity contribution is 0.0284. The van der Waals surface area contributed by atoms with Gasteiger partial charge >= 0.3 is 6.09 Å². The lowest BCUT2D eigenvalue weighted by atomic mass is 10.1. The summed E-state index contributed by atoms with van der Waals surface area (Å²) in [6.45, 7) is 8.12. The highest BCUT2D eigenvalue weighted by molar-refractivity contribution is 5.76. The molecule has 1 aliphatic heterocycles. The van der Waals surface area contributed by atoms with Gasteiger partial charge in [-0.3, -0.25) is 4.57 Å². The molecule has 0 radical (unpaired) electrons. The highest BCUT2D eigenvalue weighted by atomic mass is 16.6. The molecule has 0 spiro atoms. The van der Waals surface area contributed by atoms with E-state index in [9.17, 15) is 4.79 Å². The maximum Gasteiger partial charge on any atom is 0.410 e. The number of ether oxygens (including phenoxy) is 3. The van der Waals surface area contributed by atoms with E-state index in [-0.39, 0.29) is 12.0 Å². The fourth-order valence-corrected chi connectivity index (χ4v) is 3.88. The minimum absolute atomic E-state index is 0.247. The van der Waals surface area contributed by atoms with Crippen molar-refractivity contribution >= 4 is 17.1 Å². The van der Waals surface area contributed by atoms with E-state index in [0.717, 1.165) is 28.8 Å². The van der Waals surface area contributed by atoms with Crippen LogP contribution in [0.25, 0.3) is 11.0 Å². The summed E-state index contributed by atoms with van der Waals surface area (Å²) in [5, 5.41) is 0. The van der Waals surface area contributed by atoms with Gasteiger partial charge in [0.25, 0.3) is 6.01 Å². The van der Waals surface area contributed by atoms with Crippen LogP contribution in [0.3, 0.4) is 0 Å². The van der Waals surface area contributed by atoms with Crippen LogP contribution in [0.5, 0.6) is 11.8 Å². The van der Waals surface area contributed by atoms with E-state index in [1.165, 1.54) is 0 Å². The number of hydrogen-bond donors (Lipinski definition) is 0. The maximum absolute atomic E-state index is 12.3. The van der Waals surface area contributed by atoms with Crippen LogP contribution in [-0.4, -0.2) is 53.0 Å². The van der Waals surface area contributed by atoms with Gasteiger partial charge in [-0.05, 0) is 57.0 Å². The van der Waals surface area contributed by atoms with E-state index in [0.29, 0.717) is 32.3 Å². The summed E-state index contributed by atoms with van der Waals surface area (Å²) in [4.78, 5) is 18.8. The third-order valence-electron chi connectivity index (χ3n) is 5.50. The van der Waals surface area contributed by atoms with Crippen molar-refractivity contribution < 1.29 is 19.0 Å². The van der Waals surface area contributed by atoms with Crippen LogP contribution < -0.4 is 9.47 Å². The quantitative estimate of drug-likeness (QED) is 0.558. The summed E-state index contributed by atoms with van der Waals surface area (Å²) >= 11 is 0. The number of hydrogen-bond acceptors (Lipinski definition) is 5. The van der Waals surface area contributed by atoms with Crippen molar-refractivity contribution in [3.05, 3.63) is 54.1 Å². The summed E-state index contributed by atoms with van der Waals surface area (Å²) < 4.78 is 19.1. The van der Waals surface area contributed by atoms with Crippen molar-refractivity contribution in [2.75, 3.05) is 26.8 Å². The fourth-order valence-electron chi connectivity index (χ4n) is 3.88. The molecule has 0 unspecified atom stereocenters. The maximum atomic E-state index is 12.3. The van der Waals surface area contributed by atoms with Crippen LogP contribution in [0.1, 0.15) is 32.8 Å². The number of aromatic nitrogens is 2. The Morgan fingerprint density at radius 2 is 1.88 bits per heavy atom. The molecule has 0 N–H and O–H groups in total. The second kappa shape index (κ2) is 9.10. The Morgan fingerprint density at radius 1 is 1.12 bits per heavy atom. The Kier molecular flexibility index (Phi) is 6.26. The monoisotopic (exact) mass is 437 g/mol. The molecule has 1 aromatic heterocycles. The Balaban J connectivity index is 1.45. The molecule has 1 amide bonds. The predicted octanol–water partition coefficient (Wildman–Crippen LogP) is 4.73. The van der Waals surface area contributed by atoms with E-state index in [1.807, 2.05) is 63.2 Å². The molecule has 0 bridgehead atoms. The molecule has 0 saturated carbocycles. The standard InChI is InChI=1S/C25H31N3O4/c1-25(2,3)32-24(29)27-14-13-19(15-27)17-31-23-26-21-7-5-6-8-22(21)28(23)16-18-9-11-20(30-4)12-10-18/h5-12,19H,13-17H2,1-4H3/t19-/m1/s1. The number of nitrogens with zero attached hydrogens (tertiary/aromatic N) is 3. The van der Waals surface area contributed by atoms with Gasteiger partial charge in [-0.1, -0.05) is 24.3 Å². The molecule has 3 aromatic rings. The second-order valence-electron chi connectivity index (χ2n) is 9.21. The molecule has 4 rings (SSSR count). The van der Waals surface area contributed by atoms with E-state index in [4.69, 9.17) is 19.2 Å². The average molecular weight is 438 g/mol. The van der Waals surface area contributed by atoms with Crippen LogP contribution >= 0.6 is 0 Å². The van der Waals surface area contributed by atoms with E-state index in [1.54, 1.807) is 12.0 Å². The van der Waals surface area contributed by atoms with Crippen LogP contribution in [0.2, 0.25) is 0 Å². The Bertz CT molecular complexity index is 1070. The minimum Gasteiger partial charge on any atom is -0.497 e. The van der Waals surface area contributed by atoms with Gasteiger partial charge in [0.1, 0.15) is 11.4 Å². The second-order valence-corrected chi connectivity index (χ2v) is 9.21. The van der Waals surface area contributed by atoms with Crippen molar-refractivity contribution in [2.45, 2.75) is 39.3 Å². The molecule has 7 nitrogen and oxygen atoms in total. The van der Waals surface area contributed by atoms with Crippen molar-refractivity contribution in [2.24, 2.45) is 5.92 Å². The number of carbonyl (C=O) groups excluding carboxylic acids is 1. The molecule has 1 aliphatic rings. The van der Waals surface area contributed by atoms with Gasteiger partial charge in [0, 0.05) is 19.0 Å². The van der Waals surface area contributed by atoms with Crippen molar-refractivity contribution in [1.29, 1.82) is 0 Å². The Labute approximate surface area is 188 Å². The first-order valence-electron chi connectivity index (χ1n) is 11.0. The summed E-state index contributed by atoms with van der Waals surface area (Å²) in [5.74, 6) is 1.08. The number of methoxy groups -OCH3 is 1. The lowest BCUT2D eigenvalue weighted by Crippen LogP contribution is -2.35. The molecule has 0 aliphatic carbocycles. The number of imidazole rings is 1. The lowest BCUT2D eigenvalue weighted by Gasteiger charge is -2.24. The molecule has 170 valence electrons. The molecule has 2 aromatic carbocycles. The summed E-state index contributed by atoms with van der Waals surface area (Å²) in [7, 11) is 1.66. The highest BCUT2D eigenvalue weighted by Gasteiger charge is 2.30. The first kappa shape index (κ1) is 22.0. The summed E-state index contributed by atoms with van der Waals surface area (Å²) in [5.41, 5.74) is 2.58. The van der Waals surface area contributed by atoms with Gasteiger partial charge in [0.2, 0.25) is 0 Å². The number of amides is 1. The zero-order valence-corrected chi connectivity index (χ0v) is 19.2. The van der Waals surface area contributed by atoms with Gasteiger partial charge in [0.15, 0.2) is 0 Å². The van der Waals surface area contributed by atoms with Crippen LogP contribution in [0.15, 0.2) is 48.5 Å². The summed E-state index contributed by atoms with van der Waals surface area (Å²) in [6, 6.07) is 16.6. The van der Waals surface area contributed by atoms with E-state index in [2.05, 4.69) is 10.6 Å². The van der Waals surface area contributed by atoms with Crippen LogP contribution in [0.4, 0.5) is 4.79 Å². The largest absolute Gasteiger partial charge is 0.497 e. The number of likely N-dealkylation sites (tertiary alicyclic amines) is 1.